The average Bonchev–Trinajstić information content (AvgIpc) is 3.10. The van der Waals surface area contributed by atoms with Gasteiger partial charge in [-0.15, -0.1) is 0 Å². The summed E-state index contributed by atoms with van der Waals surface area (Å²) in [7, 11) is 1.43. The number of nitrogens with zero attached hydrogens (tertiary/aromatic N) is 1. The summed E-state index contributed by atoms with van der Waals surface area (Å²) in [4.78, 5) is 25.6. The number of epoxide rings is 1. The molecule has 0 bridgehead atoms. The fourth-order valence-corrected chi connectivity index (χ4v) is 2.64. The lowest BCUT2D eigenvalue weighted by molar-refractivity contribution is -0.124. The number of anilines is 1. The average molecular weight is 312 g/mol. The Morgan fingerprint density at radius 3 is 2.52 bits per heavy atom. The van der Waals surface area contributed by atoms with Gasteiger partial charge >= 0.3 is 5.97 Å². The summed E-state index contributed by atoms with van der Waals surface area (Å²) >= 11 is 6.17. The fourth-order valence-electron chi connectivity index (χ4n) is 2.49. The number of methoxy groups -OCH3 is 1. The normalized spacial score (nSPS) is 20.1. The molecule has 1 fully saturated rings. The molecule has 1 saturated heterocycles. The number of halogens is 1. The third kappa shape index (κ3) is 2.51. The quantitative estimate of drug-likeness (QED) is 0.784. The van der Waals surface area contributed by atoms with Gasteiger partial charge in [0.25, 0.3) is 11.6 Å². The van der Waals surface area contributed by atoms with Gasteiger partial charge in [0, 0.05) is 18.6 Å². The summed E-state index contributed by atoms with van der Waals surface area (Å²) < 4.78 is 10.1. The van der Waals surface area contributed by atoms with Crippen molar-refractivity contribution >= 4 is 29.2 Å². The lowest BCUT2D eigenvalue weighted by Crippen LogP contribution is -2.46. The molecule has 21 heavy (non-hydrogen) atoms. The van der Waals surface area contributed by atoms with E-state index in [0.717, 1.165) is 11.1 Å². The van der Waals surface area contributed by atoms with Gasteiger partial charge in [-0.05, 0) is 31.0 Å². The molecule has 0 aromatic heterocycles. The second-order valence-electron chi connectivity index (χ2n) is 5.03. The number of hydrogen-bond acceptors (Lipinski definition) is 4. The number of carbonyl (C=O) groups excluding carboxylic acids is 2. The summed E-state index contributed by atoms with van der Waals surface area (Å²) in [6.45, 7) is 5.34. The van der Waals surface area contributed by atoms with Gasteiger partial charge in [0.2, 0.25) is 0 Å². The van der Waals surface area contributed by atoms with E-state index in [1.54, 1.807) is 13.0 Å². The first-order valence-corrected chi connectivity index (χ1v) is 7.08. The summed E-state index contributed by atoms with van der Waals surface area (Å²) in [5, 5.41) is 0.533. The van der Waals surface area contributed by atoms with Crippen molar-refractivity contribution < 1.29 is 19.1 Å². The molecule has 5 nitrogen and oxygen atoms in total. The van der Waals surface area contributed by atoms with Crippen LogP contribution in [0.3, 0.4) is 0 Å². The van der Waals surface area contributed by atoms with Crippen LogP contribution in [0.2, 0.25) is 5.02 Å². The fraction of sp³-hybridized carbons (Fsp3) is 0.467. The first kappa shape index (κ1) is 15.8. The molecule has 0 saturated carbocycles. The van der Waals surface area contributed by atoms with Crippen molar-refractivity contribution in [3.8, 4) is 0 Å². The lowest BCUT2D eigenvalue weighted by Gasteiger charge is -2.29. The van der Waals surface area contributed by atoms with Crippen LogP contribution in [0.25, 0.3) is 0 Å². The first-order chi connectivity index (χ1) is 9.89. The number of benzene rings is 1. The standard InChI is InChI=1S/C15H18ClNO4/c1-5-15(14(19)21-15)17(12(18)8-20-4)13-9(2)6-7-11(16)10(13)3/h6-7H,5,8H2,1-4H3. The topological polar surface area (TPSA) is 59.1 Å². The van der Waals surface area contributed by atoms with Crippen LogP contribution in [0.5, 0.6) is 0 Å². The van der Waals surface area contributed by atoms with E-state index in [-0.39, 0.29) is 12.5 Å². The minimum absolute atomic E-state index is 0.135. The highest BCUT2D eigenvalue weighted by Crippen LogP contribution is 2.43. The van der Waals surface area contributed by atoms with E-state index >= 15 is 0 Å². The van der Waals surface area contributed by atoms with Crippen LogP contribution < -0.4 is 4.90 Å². The van der Waals surface area contributed by atoms with Gasteiger partial charge in [-0.2, -0.15) is 0 Å². The maximum Gasteiger partial charge on any atom is 0.375 e. The van der Waals surface area contributed by atoms with Crippen molar-refractivity contribution in [3.63, 3.8) is 0 Å². The summed E-state index contributed by atoms with van der Waals surface area (Å²) in [5.74, 6) is -0.744. The summed E-state index contributed by atoms with van der Waals surface area (Å²) in [6, 6.07) is 3.58. The second-order valence-corrected chi connectivity index (χ2v) is 5.43. The minimum atomic E-state index is -1.23. The van der Waals surface area contributed by atoms with E-state index in [9.17, 15) is 9.59 Å². The van der Waals surface area contributed by atoms with Gasteiger partial charge in [-0.25, -0.2) is 4.79 Å². The number of aryl methyl sites for hydroxylation is 1. The zero-order valence-corrected chi connectivity index (χ0v) is 13.3. The molecule has 6 heteroatoms. The number of hydrogen-bond donors (Lipinski definition) is 0. The van der Waals surface area contributed by atoms with Gasteiger partial charge in [0.1, 0.15) is 6.61 Å². The maximum absolute atomic E-state index is 12.5. The second kappa shape index (κ2) is 5.66. The van der Waals surface area contributed by atoms with Crippen molar-refractivity contribution in [2.75, 3.05) is 18.6 Å². The largest absolute Gasteiger partial charge is 0.422 e. The molecule has 2 rings (SSSR count). The number of amides is 1. The summed E-state index contributed by atoms with van der Waals surface area (Å²) in [5.41, 5.74) is 0.961. The molecule has 1 aromatic rings. The highest BCUT2D eigenvalue weighted by atomic mass is 35.5. The third-order valence-corrected chi connectivity index (χ3v) is 4.10. The third-order valence-electron chi connectivity index (χ3n) is 3.69. The summed E-state index contributed by atoms with van der Waals surface area (Å²) in [6.07, 6.45) is 0.368. The van der Waals surface area contributed by atoms with Crippen molar-refractivity contribution in [2.24, 2.45) is 0 Å². The Labute approximate surface area is 128 Å². The molecule has 0 N–H and O–H groups in total. The molecular formula is C15H18ClNO4. The van der Waals surface area contributed by atoms with E-state index in [4.69, 9.17) is 21.1 Å². The monoisotopic (exact) mass is 311 g/mol. The molecule has 1 unspecified atom stereocenters. The maximum atomic E-state index is 12.5. The van der Waals surface area contributed by atoms with Crippen molar-refractivity contribution in [1.82, 2.24) is 0 Å². The van der Waals surface area contributed by atoms with E-state index in [2.05, 4.69) is 0 Å². The highest BCUT2D eigenvalue weighted by molar-refractivity contribution is 6.32. The van der Waals surface area contributed by atoms with Crippen LogP contribution in [0.1, 0.15) is 24.5 Å². The predicted molar refractivity (Wildman–Crippen MR) is 79.4 cm³/mol. The molecule has 114 valence electrons. The van der Waals surface area contributed by atoms with E-state index in [1.165, 1.54) is 12.0 Å². The Morgan fingerprint density at radius 1 is 1.43 bits per heavy atom. The van der Waals surface area contributed by atoms with Gasteiger partial charge in [-0.3, -0.25) is 9.69 Å². The Kier molecular flexibility index (Phi) is 4.25. The molecule has 0 spiro atoms. The SMILES string of the molecule is CCC1(N(C(=O)COC)c2c(C)ccc(Cl)c2C)OC1=O. The molecule has 0 radical (unpaired) electrons. The van der Waals surface area contributed by atoms with Crippen LogP contribution in [-0.2, 0) is 19.1 Å². The highest BCUT2D eigenvalue weighted by Gasteiger charge is 2.64. The first-order valence-electron chi connectivity index (χ1n) is 6.70. The zero-order chi connectivity index (χ0) is 15.8. The predicted octanol–water partition coefficient (Wildman–Crippen LogP) is 2.60. The van der Waals surface area contributed by atoms with Crippen LogP contribution in [0.15, 0.2) is 12.1 Å². The smallest absolute Gasteiger partial charge is 0.375 e. The van der Waals surface area contributed by atoms with Crippen molar-refractivity contribution in [2.45, 2.75) is 32.9 Å². The molecule has 0 aliphatic carbocycles. The van der Waals surface area contributed by atoms with Crippen LogP contribution in [0.4, 0.5) is 5.69 Å². The van der Waals surface area contributed by atoms with Crippen molar-refractivity contribution in [1.29, 1.82) is 0 Å². The van der Waals surface area contributed by atoms with Gasteiger partial charge in [0.15, 0.2) is 0 Å². The van der Waals surface area contributed by atoms with E-state index in [0.29, 0.717) is 17.1 Å². The number of rotatable bonds is 5. The molecule has 1 atom stereocenters. The lowest BCUT2D eigenvalue weighted by atomic mass is 10.0. The molecular weight excluding hydrogens is 294 g/mol. The number of carbonyl (C=O) groups is 2. The Balaban J connectivity index is 2.59. The van der Waals surface area contributed by atoms with Gasteiger partial charge in [0.05, 0.1) is 5.69 Å². The van der Waals surface area contributed by atoms with Crippen molar-refractivity contribution in [3.05, 3.63) is 28.3 Å². The number of cyclic esters (lactones) is 1. The van der Waals surface area contributed by atoms with Crippen LogP contribution >= 0.6 is 11.6 Å². The zero-order valence-electron chi connectivity index (χ0n) is 12.5. The Bertz CT molecular complexity index is 602. The Morgan fingerprint density at radius 2 is 2.05 bits per heavy atom. The molecule has 1 amide bonds. The van der Waals surface area contributed by atoms with E-state index < -0.39 is 11.7 Å². The van der Waals surface area contributed by atoms with Crippen LogP contribution in [0, 0.1) is 13.8 Å². The van der Waals surface area contributed by atoms with Crippen LogP contribution in [-0.4, -0.2) is 31.3 Å². The molecule has 1 aliphatic rings. The van der Waals surface area contributed by atoms with Gasteiger partial charge < -0.3 is 9.47 Å². The number of ether oxygens (including phenoxy) is 2. The Hall–Kier alpha value is -1.59. The molecule has 1 aromatic carbocycles. The minimum Gasteiger partial charge on any atom is -0.422 e. The van der Waals surface area contributed by atoms with Gasteiger partial charge in [-0.1, -0.05) is 24.6 Å². The molecule has 1 heterocycles. The van der Waals surface area contributed by atoms with E-state index in [1.807, 2.05) is 19.9 Å². The molecule has 1 aliphatic heterocycles.